The number of aryl methyl sites for hydroxylation is 1. The third-order valence-electron chi connectivity index (χ3n) is 3.81. The molecular weight excluding hydrogens is 220 g/mol. The van der Waals surface area contributed by atoms with E-state index < -0.39 is 0 Å². The summed E-state index contributed by atoms with van der Waals surface area (Å²) in [7, 11) is 0. The average Bonchev–Trinajstić information content (AvgIpc) is 2.31. The van der Waals surface area contributed by atoms with E-state index in [-0.39, 0.29) is 0 Å². The molecule has 1 aromatic rings. The van der Waals surface area contributed by atoms with E-state index >= 15 is 0 Å². The molecule has 0 aromatic heterocycles. The summed E-state index contributed by atoms with van der Waals surface area (Å²) in [5.74, 6) is 0. The van der Waals surface area contributed by atoms with Crippen molar-refractivity contribution in [3.05, 3.63) is 35.4 Å². The lowest BCUT2D eigenvalue weighted by atomic mass is 10.1. The van der Waals surface area contributed by atoms with Crippen molar-refractivity contribution in [3.8, 4) is 0 Å². The van der Waals surface area contributed by atoms with Gasteiger partial charge < -0.3 is 5.32 Å². The van der Waals surface area contributed by atoms with Crippen LogP contribution in [0.15, 0.2) is 24.3 Å². The molecule has 2 unspecified atom stereocenters. The number of rotatable bonds is 2. The van der Waals surface area contributed by atoms with Gasteiger partial charge in [-0.05, 0) is 52.3 Å². The van der Waals surface area contributed by atoms with Crippen molar-refractivity contribution in [2.75, 3.05) is 13.1 Å². The van der Waals surface area contributed by atoms with Crippen LogP contribution in [0.5, 0.6) is 0 Å². The van der Waals surface area contributed by atoms with E-state index in [0.29, 0.717) is 12.1 Å². The Hall–Kier alpha value is -0.860. The third kappa shape index (κ3) is 4.11. The first-order chi connectivity index (χ1) is 8.63. The first-order valence-electron chi connectivity index (χ1n) is 7.17. The number of benzene rings is 1. The summed E-state index contributed by atoms with van der Waals surface area (Å²) < 4.78 is 0. The molecule has 1 heterocycles. The highest BCUT2D eigenvalue weighted by atomic mass is 15.1. The second kappa shape index (κ2) is 6.35. The van der Waals surface area contributed by atoms with Crippen LogP contribution in [0, 0.1) is 6.92 Å². The molecule has 0 saturated carbocycles. The van der Waals surface area contributed by atoms with Crippen molar-refractivity contribution in [1.29, 1.82) is 0 Å². The van der Waals surface area contributed by atoms with E-state index in [4.69, 9.17) is 0 Å². The Kier molecular flexibility index (Phi) is 4.79. The van der Waals surface area contributed by atoms with Crippen molar-refractivity contribution in [2.24, 2.45) is 0 Å². The normalized spacial score (nSPS) is 26.6. The minimum absolute atomic E-state index is 0.639. The van der Waals surface area contributed by atoms with Crippen molar-refractivity contribution in [1.82, 2.24) is 10.2 Å². The van der Waals surface area contributed by atoms with Gasteiger partial charge in [0, 0.05) is 18.6 Å². The van der Waals surface area contributed by atoms with E-state index in [9.17, 15) is 0 Å². The smallest absolute Gasteiger partial charge is 0.0233 e. The molecule has 0 bridgehead atoms. The number of nitrogens with one attached hydrogen (secondary N) is 1. The molecule has 1 fully saturated rings. The number of nitrogens with zero attached hydrogens (tertiary/aromatic N) is 1. The topological polar surface area (TPSA) is 15.3 Å². The van der Waals surface area contributed by atoms with Crippen LogP contribution in [0.2, 0.25) is 0 Å². The first kappa shape index (κ1) is 13.6. The van der Waals surface area contributed by atoms with Crippen LogP contribution in [0.4, 0.5) is 0 Å². The number of hydrogen-bond acceptors (Lipinski definition) is 2. The predicted molar refractivity (Wildman–Crippen MR) is 77.7 cm³/mol. The molecule has 2 atom stereocenters. The van der Waals surface area contributed by atoms with E-state index in [1.807, 2.05) is 0 Å². The van der Waals surface area contributed by atoms with Crippen LogP contribution in [0.3, 0.4) is 0 Å². The van der Waals surface area contributed by atoms with Crippen LogP contribution in [-0.2, 0) is 6.54 Å². The molecule has 2 heteroatoms. The highest BCUT2D eigenvalue weighted by molar-refractivity contribution is 5.22. The van der Waals surface area contributed by atoms with Gasteiger partial charge >= 0.3 is 0 Å². The van der Waals surface area contributed by atoms with E-state index in [2.05, 4.69) is 55.3 Å². The summed E-state index contributed by atoms with van der Waals surface area (Å²) >= 11 is 0. The summed E-state index contributed by atoms with van der Waals surface area (Å²) in [6, 6.07) is 10.2. The quantitative estimate of drug-likeness (QED) is 0.863. The van der Waals surface area contributed by atoms with Gasteiger partial charge in [-0.15, -0.1) is 0 Å². The standard InChI is InChI=1S/C16H26N2/c1-13-5-4-6-16(11-13)12-18-9-7-14(2)17-15(3)8-10-18/h4-6,11,14-15,17H,7-10,12H2,1-3H3. The fraction of sp³-hybridized carbons (Fsp3) is 0.625. The van der Waals surface area contributed by atoms with Crippen LogP contribution in [0.1, 0.15) is 37.8 Å². The minimum Gasteiger partial charge on any atom is -0.312 e. The molecular formula is C16H26N2. The lowest BCUT2D eigenvalue weighted by Gasteiger charge is -2.31. The maximum Gasteiger partial charge on any atom is 0.0233 e. The summed E-state index contributed by atoms with van der Waals surface area (Å²) in [5, 5.41) is 3.65. The van der Waals surface area contributed by atoms with Gasteiger partial charge in [-0.1, -0.05) is 29.8 Å². The van der Waals surface area contributed by atoms with Gasteiger partial charge in [0.25, 0.3) is 0 Å². The van der Waals surface area contributed by atoms with Gasteiger partial charge in [0.1, 0.15) is 0 Å². The fourth-order valence-electron chi connectivity index (χ4n) is 2.74. The van der Waals surface area contributed by atoms with Gasteiger partial charge in [0.15, 0.2) is 0 Å². The summed E-state index contributed by atoms with van der Waals surface area (Å²) in [6.07, 6.45) is 2.49. The van der Waals surface area contributed by atoms with Crippen LogP contribution in [-0.4, -0.2) is 30.1 Å². The molecule has 0 spiro atoms. The molecule has 2 nitrogen and oxygen atoms in total. The van der Waals surface area contributed by atoms with Gasteiger partial charge in [-0.3, -0.25) is 4.90 Å². The Labute approximate surface area is 111 Å². The van der Waals surface area contributed by atoms with Crippen LogP contribution in [0.25, 0.3) is 0 Å². The summed E-state index contributed by atoms with van der Waals surface area (Å²) in [4.78, 5) is 2.60. The second-order valence-corrected chi connectivity index (χ2v) is 5.81. The fourth-order valence-corrected chi connectivity index (χ4v) is 2.74. The molecule has 0 radical (unpaired) electrons. The average molecular weight is 246 g/mol. The molecule has 1 saturated heterocycles. The van der Waals surface area contributed by atoms with Crippen LogP contribution < -0.4 is 5.32 Å². The maximum atomic E-state index is 3.65. The largest absolute Gasteiger partial charge is 0.312 e. The Balaban J connectivity index is 1.95. The molecule has 100 valence electrons. The Morgan fingerprint density at radius 2 is 1.83 bits per heavy atom. The Morgan fingerprint density at radius 1 is 1.17 bits per heavy atom. The lowest BCUT2D eigenvalue weighted by Crippen LogP contribution is -2.42. The molecule has 0 amide bonds. The molecule has 18 heavy (non-hydrogen) atoms. The van der Waals surface area contributed by atoms with Crippen molar-refractivity contribution >= 4 is 0 Å². The lowest BCUT2D eigenvalue weighted by molar-refractivity contribution is 0.212. The zero-order valence-electron chi connectivity index (χ0n) is 11.9. The van der Waals surface area contributed by atoms with Crippen molar-refractivity contribution < 1.29 is 0 Å². The van der Waals surface area contributed by atoms with E-state index in [1.54, 1.807) is 0 Å². The highest BCUT2D eigenvalue weighted by Gasteiger charge is 2.15. The SMILES string of the molecule is Cc1cccc(CN2CCC(C)NC(C)CC2)c1. The maximum absolute atomic E-state index is 3.65. The summed E-state index contributed by atoms with van der Waals surface area (Å²) in [5.41, 5.74) is 2.81. The van der Waals surface area contributed by atoms with Gasteiger partial charge in [0.05, 0.1) is 0 Å². The summed E-state index contributed by atoms with van der Waals surface area (Å²) in [6.45, 7) is 10.3. The van der Waals surface area contributed by atoms with E-state index in [1.165, 1.54) is 37.1 Å². The molecule has 1 aromatic carbocycles. The van der Waals surface area contributed by atoms with E-state index in [0.717, 1.165) is 6.54 Å². The Bertz CT molecular complexity index is 363. The number of hydrogen-bond donors (Lipinski definition) is 1. The second-order valence-electron chi connectivity index (χ2n) is 5.81. The molecule has 1 aliphatic heterocycles. The van der Waals surface area contributed by atoms with Gasteiger partial charge in [0.2, 0.25) is 0 Å². The molecule has 1 aliphatic rings. The third-order valence-corrected chi connectivity index (χ3v) is 3.81. The van der Waals surface area contributed by atoms with Gasteiger partial charge in [-0.25, -0.2) is 0 Å². The van der Waals surface area contributed by atoms with Crippen molar-refractivity contribution in [3.63, 3.8) is 0 Å². The van der Waals surface area contributed by atoms with Crippen molar-refractivity contribution in [2.45, 2.75) is 52.2 Å². The molecule has 0 aliphatic carbocycles. The highest BCUT2D eigenvalue weighted by Crippen LogP contribution is 2.12. The first-order valence-corrected chi connectivity index (χ1v) is 7.17. The monoisotopic (exact) mass is 246 g/mol. The Morgan fingerprint density at radius 3 is 2.44 bits per heavy atom. The minimum atomic E-state index is 0.639. The predicted octanol–water partition coefficient (Wildman–Crippen LogP) is 2.96. The molecule has 1 N–H and O–H groups in total. The van der Waals surface area contributed by atoms with Gasteiger partial charge in [-0.2, -0.15) is 0 Å². The zero-order valence-corrected chi connectivity index (χ0v) is 11.9. The van der Waals surface area contributed by atoms with Crippen LogP contribution >= 0.6 is 0 Å². The molecule has 2 rings (SSSR count). The zero-order chi connectivity index (χ0) is 13.0.